The van der Waals surface area contributed by atoms with Crippen LogP contribution >= 0.6 is 11.3 Å². The Labute approximate surface area is 107 Å². The first-order chi connectivity index (χ1) is 8.76. The van der Waals surface area contributed by atoms with Gasteiger partial charge in [0.05, 0.1) is 10.6 Å². The van der Waals surface area contributed by atoms with Crippen LogP contribution in [0.5, 0.6) is 0 Å². The van der Waals surface area contributed by atoms with Crippen LogP contribution in [0.2, 0.25) is 0 Å². The lowest BCUT2D eigenvalue weighted by Crippen LogP contribution is -1.87. The Morgan fingerprint density at radius 3 is 2.89 bits per heavy atom. The molecule has 0 saturated heterocycles. The maximum absolute atomic E-state index is 13.1. The molecule has 0 fully saturated rings. The number of fused-ring (bicyclic) bond motifs is 1. The standard InChI is InChI=1S/C14H8FNOS/c15-10-4-5-13-9(6-10)7-14(18-13)12-3-1-2-11(8-17)16-12/h1-8H. The molecule has 0 saturated carbocycles. The van der Waals surface area contributed by atoms with Gasteiger partial charge in [-0.05, 0) is 41.8 Å². The van der Waals surface area contributed by atoms with Crippen LogP contribution in [0, 0.1) is 5.82 Å². The molecule has 3 aromatic rings. The van der Waals surface area contributed by atoms with Gasteiger partial charge < -0.3 is 0 Å². The van der Waals surface area contributed by atoms with Gasteiger partial charge in [-0.25, -0.2) is 9.37 Å². The largest absolute Gasteiger partial charge is 0.296 e. The molecule has 88 valence electrons. The summed E-state index contributed by atoms with van der Waals surface area (Å²) in [7, 11) is 0. The fourth-order valence-corrected chi connectivity index (χ4v) is 2.81. The molecule has 2 heterocycles. The first kappa shape index (κ1) is 11.0. The smallest absolute Gasteiger partial charge is 0.168 e. The van der Waals surface area contributed by atoms with Crippen molar-refractivity contribution in [1.29, 1.82) is 0 Å². The SMILES string of the molecule is O=Cc1cccc(-c2cc3cc(F)ccc3s2)n1. The Hall–Kier alpha value is -2.07. The van der Waals surface area contributed by atoms with Crippen LogP contribution in [0.4, 0.5) is 4.39 Å². The molecular formula is C14H8FNOS. The molecule has 0 bridgehead atoms. The van der Waals surface area contributed by atoms with Gasteiger partial charge in [-0.3, -0.25) is 4.79 Å². The monoisotopic (exact) mass is 257 g/mol. The van der Waals surface area contributed by atoms with Gasteiger partial charge in [0.15, 0.2) is 6.29 Å². The summed E-state index contributed by atoms with van der Waals surface area (Å²) in [6.45, 7) is 0. The van der Waals surface area contributed by atoms with E-state index in [2.05, 4.69) is 4.98 Å². The van der Waals surface area contributed by atoms with Crippen molar-refractivity contribution in [2.24, 2.45) is 0 Å². The summed E-state index contributed by atoms with van der Waals surface area (Å²) in [5.41, 5.74) is 1.14. The van der Waals surface area contributed by atoms with Crippen LogP contribution in [-0.4, -0.2) is 11.3 Å². The first-order valence-corrected chi connectivity index (χ1v) is 6.19. The molecule has 0 aliphatic heterocycles. The van der Waals surface area contributed by atoms with Crippen molar-refractivity contribution in [3.05, 3.63) is 54.0 Å². The number of benzene rings is 1. The van der Waals surface area contributed by atoms with E-state index in [4.69, 9.17) is 0 Å². The maximum atomic E-state index is 13.1. The number of carbonyl (C=O) groups is 1. The minimum Gasteiger partial charge on any atom is -0.296 e. The number of pyridine rings is 1. The molecule has 0 aliphatic carbocycles. The average molecular weight is 257 g/mol. The molecule has 0 unspecified atom stereocenters. The van der Waals surface area contributed by atoms with Crippen molar-refractivity contribution in [3.63, 3.8) is 0 Å². The molecule has 0 radical (unpaired) electrons. The van der Waals surface area contributed by atoms with E-state index in [9.17, 15) is 9.18 Å². The number of aromatic nitrogens is 1. The van der Waals surface area contributed by atoms with E-state index in [1.54, 1.807) is 18.2 Å². The fourth-order valence-electron chi connectivity index (χ4n) is 1.79. The molecule has 2 aromatic heterocycles. The number of aldehydes is 1. The van der Waals surface area contributed by atoms with E-state index in [1.165, 1.54) is 23.5 Å². The Bertz CT molecular complexity index is 735. The van der Waals surface area contributed by atoms with Crippen LogP contribution in [-0.2, 0) is 0 Å². The van der Waals surface area contributed by atoms with Gasteiger partial charge in [0.25, 0.3) is 0 Å². The molecule has 4 heteroatoms. The summed E-state index contributed by atoms with van der Waals surface area (Å²) in [5.74, 6) is -0.249. The highest BCUT2D eigenvalue weighted by Crippen LogP contribution is 2.32. The van der Waals surface area contributed by atoms with Crippen molar-refractivity contribution >= 4 is 27.7 Å². The summed E-state index contributed by atoms with van der Waals surface area (Å²) in [6, 6.07) is 11.9. The molecule has 0 spiro atoms. The maximum Gasteiger partial charge on any atom is 0.168 e. The molecule has 2 nitrogen and oxygen atoms in total. The molecule has 0 N–H and O–H groups in total. The van der Waals surface area contributed by atoms with Crippen LogP contribution in [0.15, 0.2) is 42.5 Å². The van der Waals surface area contributed by atoms with E-state index in [0.717, 1.165) is 26.9 Å². The van der Waals surface area contributed by atoms with Crippen molar-refractivity contribution < 1.29 is 9.18 Å². The molecular weight excluding hydrogens is 249 g/mol. The quantitative estimate of drug-likeness (QED) is 0.651. The molecule has 3 rings (SSSR count). The molecule has 0 amide bonds. The summed E-state index contributed by atoms with van der Waals surface area (Å²) in [6.07, 6.45) is 0.719. The normalized spacial score (nSPS) is 10.7. The Kier molecular flexibility index (Phi) is 2.64. The predicted molar refractivity (Wildman–Crippen MR) is 70.4 cm³/mol. The second-order valence-electron chi connectivity index (χ2n) is 3.86. The number of rotatable bonds is 2. The van der Waals surface area contributed by atoms with Crippen LogP contribution in [0.25, 0.3) is 20.7 Å². The molecule has 0 atom stereocenters. The number of halogens is 1. The predicted octanol–water partition coefficient (Wildman–Crippen LogP) is 3.91. The second-order valence-corrected chi connectivity index (χ2v) is 4.94. The van der Waals surface area contributed by atoms with Gasteiger partial charge in [-0.15, -0.1) is 11.3 Å². The Morgan fingerprint density at radius 1 is 1.17 bits per heavy atom. The topological polar surface area (TPSA) is 30.0 Å². The van der Waals surface area contributed by atoms with Crippen molar-refractivity contribution in [3.8, 4) is 10.6 Å². The summed E-state index contributed by atoms with van der Waals surface area (Å²) < 4.78 is 14.1. The van der Waals surface area contributed by atoms with E-state index in [0.29, 0.717) is 5.69 Å². The number of nitrogens with zero attached hydrogens (tertiary/aromatic N) is 1. The van der Waals surface area contributed by atoms with Crippen molar-refractivity contribution in [2.45, 2.75) is 0 Å². The minimum absolute atomic E-state index is 0.249. The first-order valence-electron chi connectivity index (χ1n) is 5.38. The highest BCUT2D eigenvalue weighted by atomic mass is 32.1. The van der Waals surface area contributed by atoms with Crippen LogP contribution < -0.4 is 0 Å². The third-order valence-electron chi connectivity index (χ3n) is 2.62. The van der Waals surface area contributed by atoms with Gasteiger partial charge in [-0.2, -0.15) is 0 Å². The van der Waals surface area contributed by atoms with Gasteiger partial charge in [0.1, 0.15) is 11.5 Å². The minimum atomic E-state index is -0.249. The lowest BCUT2D eigenvalue weighted by Gasteiger charge is -1.96. The van der Waals surface area contributed by atoms with Crippen LogP contribution in [0.3, 0.4) is 0 Å². The zero-order valence-electron chi connectivity index (χ0n) is 9.26. The number of hydrogen-bond donors (Lipinski definition) is 0. The van der Waals surface area contributed by atoms with Crippen molar-refractivity contribution in [2.75, 3.05) is 0 Å². The van der Waals surface area contributed by atoms with Gasteiger partial charge in [0, 0.05) is 4.70 Å². The lowest BCUT2D eigenvalue weighted by atomic mass is 10.2. The number of carbonyl (C=O) groups excluding carboxylic acids is 1. The van der Waals surface area contributed by atoms with Crippen molar-refractivity contribution in [1.82, 2.24) is 4.98 Å². The second kappa shape index (κ2) is 4.31. The number of thiophene rings is 1. The third-order valence-corrected chi connectivity index (χ3v) is 3.76. The van der Waals surface area contributed by atoms with E-state index in [-0.39, 0.29) is 5.82 Å². The highest BCUT2D eigenvalue weighted by molar-refractivity contribution is 7.22. The Balaban J connectivity index is 2.15. The van der Waals surface area contributed by atoms with Gasteiger partial charge in [0.2, 0.25) is 0 Å². The third kappa shape index (κ3) is 1.91. The molecule has 18 heavy (non-hydrogen) atoms. The summed E-state index contributed by atoms with van der Waals surface area (Å²) >= 11 is 1.53. The zero-order valence-corrected chi connectivity index (χ0v) is 10.1. The van der Waals surface area contributed by atoms with E-state index >= 15 is 0 Å². The zero-order chi connectivity index (χ0) is 12.5. The van der Waals surface area contributed by atoms with E-state index in [1.807, 2.05) is 12.1 Å². The highest BCUT2D eigenvalue weighted by Gasteiger charge is 2.06. The summed E-state index contributed by atoms with van der Waals surface area (Å²) in [5, 5.41) is 0.855. The molecule has 0 aliphatic rings. The summed E-state index contributed by atoms with van der Waals surface area (Å²) in [4.78, 5) is 15.9. The molecule has 1 aromatic carbocycles. The van der Waals surface area contributed by atoms with Gasteiger partial charge >= 0.3 is 0 Å². The lowest BCUT2D eigenvalue weighted by molar-refractivity contribution is 0.111. The average Bonchev–Trinajstić information content (AvgIpc) is 2.81. The van der Waals surface area contributed by atoms with Gasteiger partial charge in [-0.1, -0.05) is 6.07 Å². The Morgan fingerprint density at radius 2 is 2.06 bits per heavy atom. The fraction of sp³-hybridized carbons (Fsp3) is 0. The van der Waals surface area contributed by atoms with Crippen LogP contribution in [0.1, 0.15) is 10.5 Å². The van der Waals surface area contributed by atoms with E-state index < -0.39 is 0 Å². The number of hydrogen-bond acceptors (Lipinski definition) is 3.